The second kappa shape index (κ2) is 23.7. The Morgan fingerprint density at radius 2 is 1.54 bits per heavy atom. The number of anilines is 1. The molecule has 4 aromatic heterocycles. The molecule has 354 valence electrons. The predicted molar refractivity (Wildman–Crippen MR) is 220 cm³/mol. The van der Waals surface area contributed by atoms with Crippen LogP contribution in [0.1, 0.15) is 27.0 Å². The van der Waals surface area contributed by atoms with Crippen molar-refractivity contribution >= 4 is 28.0 Å². The van der Waals surface area contributed by atoms with Gasteiger partial charge in [-0.2, -0.15) is 18.6 Å². The minimum absolute atomic E-state index is 0.104. The number of rotatable bonds is 24. The molecule has 0 bridgehead atoms. The van der Waals surface area contributed by atoms with Crippen LogP contribution in [0.15, 0.2) is 90.2 Å². The number of benzene rings is 2. The first-order chi connectivity index (χ1) is 32.3. The number of hydrogen-bond acceptors (Lipinski definition) is 25. The zero-order chi connectivity index (χ0) is 47.8. The molecule has 27 nitrogen and oxygen atoms in total. The highest BCUT2D eigenvalue weighted by molar-refractivity contribution is 7.92. The molecule has 0 aliphatic rings. The first-order valence-electron chi connectivity index (χ1n) is 19.5. The summed E-state index contributed by atoms with van der Waals surface area (Å²) < 4.78 is 63.7. The Morgan fingerprint density at radius 3 is 2.25 bits per heavy atom. The highest BCUT2D eigenvalue weighted by Gasteiger charge is 2.35. The van der Waals surface area contributed by atoms with Crippen LogP contribution in [-0.2, 0) is 45.3 Å². The van der Waals surface area contributed by atoms with E-state index < -0.39 is 56.3 Å². The SMILES string of the molecule is Cc1ccc(S(=O)(=O)N(COC(=O)OCCOCCON(O)O)c2nc(-c3ccnc(-c4nn[nH]n4)c3)nc(OCCOC(=O)c3ccc(CON(O)O)cc3)c2Oc2ccccc2C)nc1. The molecule has 0 unspecified atom stereocenters. The summed E-state index contributed by atoms with van der Waals surface area (Å²) in [7, 11) is -4.84. The van der Waals surface area contributed by atoms with Gasteiger partial charge in [0.15, 0.2) is 23.4 Å². The van der Waals surface area contributed by atoms with Crippen LogP contribution in [0.5, 0.6) is 17.4 Å². The second-order valence-corrected chi connectivity index (χ2v) is 15.2. The van der Waals surface area contributed by atoms with Crippen molar-refractivity contribution in [3.63, 3.8) is 0 Å². The van der Waals surface area contributed by atoms with Crippen LogP contribution in [0.3, 0.4) is 0 Å². The van der Waals surface area contributed by atoms with Gasteiger partial charge in [-0.25, -0.2) is 33.5 Å². The number of nitrogens with one attached hydrogen (secondary N) is 1. The smallest absolute Gasteiger partial charge is 0.471 e. The van der Waals surface area contributed by atoms with Crippen molar-refractivity contribution in [3.05, 3.63) is 107 Å². The first-order valence-corrected chi connectivity index (χ1v) is 20.9. The zero-order valence-electron chi connectivity index (χ0n) is 35.3. The highest BCUT2D eigenvalue weighted by Crippen LogP contribution is 2.42. The van der Waals surface area contributed by atoms with E-state index in [4.69, 9.17) is 49.3 Å². The van der Waals surface area contributed by atoms with Gasteiger partial charge in [0.2, 0.25) is 11.6 Å². The summed E-state index contributed by atoms with van der Waals surface area (Å²) >= 11 is 0. The maximum Gasteiger partial charge on any atom is 0.510 e. The van der Waals surface area contributed by atoms with E-state index in [1.807, 2.05) is 0 Å². The molecule has 0 aliphatic heterocycles. The molecular formula is C39H41N11O16S. The van der Waals surface area contributed by atoms with Crippen molar-refractivity contribution < 1.29 is 76.9 Å². The van der Waals surface area contributed by atoms with Crippen molar-refractivity contribution in [2.45, 2.75) is 25.5 Å². The average Bonchev–Trinajstić information content (AvgIpc) is 3.86. The van der Waals surface area contributed by atoms with E-state index in [9.17, 15) is 18.0 Å². The molecule has 0 spiro atoms. The summed E-state index contributed by atoms with van der Waals surface area (Å²) in [6.07, 6.45) is 1.38. The molecule has 0 amide bonds. The van der Waals surface area contributed by atoms with E-state index in [2.05, 4.69) is 50.2 Å². The number of para-hydroxylation sites is 1. The molecular weight excluding hydrogens is 911 g/mol. The number of tetrazole rings is 1. The van der Waals surface area contributed by atoms with Crippen molar-refractivity contribution in [1.29, 1.82) is 0 Å². The van der Waals surface area contributed by atoms with E-state index in [1.54, 1.807) is 38.1 Å². The van der Waals surface area contributed by atoms with Crippen molar-refractivity contribution in [2.24, 2.45) is 0 Å². The Hall–Kier alpha value is -7.38. The quantitative estimate of drug-likeness (QED) is 0.0250. The minimum Gasteiger partial charge on any atom is -0.471 e. The van der Waals surface area contributed by atoms with Crippen LogP contribution in [0.25, 0.3) is 22.9 Å². The summed E-state index contributed by atoms with van der Waals surface area (Å²) in [6.45, 7) is 0.477. The number of aryl methyl sites for hydroxylation is 2. The number of H-pyrrole nitrogens is 1. The maximum absolute atomic E-state index is 14.7. The number of aromatic nitrogens is 8. The third kappa shape index (κ3) is 14.1. The van der Waals surface area contributed by atoms with E-state index in [1.165, 1.54) is 60.9 Å². The fourth-order valence-electron chi connectivity index (χ4n) is 5.45. The first kappa shape index (κ1) is 49.1. The monoisotopic (exact) mass is 951 g/mol. The van der Waals surface area contributed by atoms with Crippen molar-refractivity contribution in [2.75, 3.05) is 50.7 Å². The third-order valence-electron chi connectivity index (χ3n) is 8.66. The lowest BCUT2D eigenvalue weighted by Gasteiger charge is -2.26. The number of carbonyl (C=O) groups is 2. The standard InChI is InChI=1S/C39H41N11O16S/c1-25-7-12-32(41-22-25)67(57,58)48(24-63-39(52)62-17-15-59-16-20-64-49(53)54)36-33(66-31-6-4-3-5-26(31)2)37(43-34(42-36)29-13-14-40-30(21-29)35-44-46-47-45-35)60-18-19-61-38(51)28-10-8-27(9-11-28)23-65-50(55)56/h3-14,21-22,53-56H,15-20,23-24H2,1-2H3,(H,44,45,46,47). The van der Waals surface area contributed by atoms with Gasteiger partial charge in [-0.3, -0.25) is 25.8 Å². The predicted octanol–water partition coefficient (Wildman–Crippen LogP) is 3.61. The van der Waals surface area contributed by atoms with Gasteiger partial charge in [-0.15, -0.1) is 10.2 Å². The van der Waals surface area contributed by atoms with Gasteiger partial charge < -0.3 is 28.4 Å². The topological polar surface area (TPSA) is 339 Å². The van der Waals surface area contributed by atoms with E-state index in [-0.39, 0.29) is 86.3 Å². The Morgan fingerprint density at radius 1 is 0.776 bits per heavy atom. The molecule has 28 heteroatoms. The lowest BCUT2D eigenvalue weighted by atomic mass is 10.1. The van der Waals surface area contributed by atoms with Crippen LogP contribution in [0, 0.1) is 13.8 Å². The summed E-state index contributed by atoms with van der Waals surface area (Å²) in [4.78, 5) is 52.6. The molecule has 6 aromatic rings. The molecule has 4 heterocycles. The highest BCUT2D eigenvalue weighted by atomic mass is 32.2. The molecule has 67 heavy (non-hydrogen) atoms. The van der Waals surface area contributed by atoms with E-state index >= 15 is 0 Å². The Balaban J connectivity index is 1.38. The molecule has 2 aromatic carbocycles. The molecule has 0 atom stereocenters. The van der Waals surface area contributed by atoms with Crippen molar-refractivity contribution in [3.8, 4) is 40.3 Å². The van der Waals surface area contributed by atoms with Gasteiger partial charge in [0.1, 0.15) is 31.3 Å². The summed E-state index contributed by atoms with van der Waals surface area (Å²) in [6, 6.07) is 18.3. The number of nitrogens with zero attached hydrogens (tertiary/aromatic N) is 10. The number of carbonyl (C=O) groups excluding carboxylic acids is 2. The number of aromatic amines is 1. The lowest BCUT2D eigenvalue weighted by Crippen LogP contribution is -2.36. The molecule has 0 fully saturated rings. The fraction of sp³-hybridized carbons (Fsp3) is 0.256. The Kier molecular flexibility index (Phi) is 17.4. The van der Waals surface area contributed by atoms with Crippen LogP contribution in [0.4, 0.5) is 10.6 Å². The van der Waals surface area contributed by atoms with E-state index in [0.29, 0.717) is 21.0 Å². The molecule has 0 radical (unpaired) electrons. The summed E-state index contributed by atoms with van der Waals surface area (Å²) in [5.41, 5.74) is 2.32. The average molecular weight is 952 g/mol. The third-order valence-corrected chi connectivity index (χ3v) is 10.3. The summed E-state index contributed by atoms with van der Waals surface area (Å²) in [5.74, 6) is -1.89. The van der Waals surface area contributed by atoms with Crippen molar-refractivity contribution in [1.82, 2.24) is 51.3 Å². The molecule has 5 N–H and O–H groups in total. The van der Waals surface area contributed by atoms with Gasteiger partial charge in [0.05, 0.1) is 42.8 Å². The Labute approximate surface area is 379 Å². The number of hydrogen-bond donors (Lipinski definition) is 5. The number of pyridine rings is 2. The molecule has 0 saturated heterocycles. The molecule has 6 rings (SSSR count). The number of esters is 1. The Bertz CT molecular complexity index is 2660. The van der Waals surface area contributed by atoms with Gasteiger partial charge in [-0.05, 0) is 72.1 Å². The summed E-state index contributed by atoms with van der Waals surface area (Å²) in [5, 5.41) is 47.3. The van der Waals surface area contributed by atoms with E-state index in [0.717, 1.165) is 0 Å². The molecule has 0 saturated carbocycles. The van der Waals surface area contributed by atoms with Gasteiger partial charge in [-0.1, -0.05) is 36.4 Å². The van der Waals surface area contributed by atoms with Crippen LogP contribution >= 0.6 is 0 Å². The molecule has 0 aliphatic carbocycles. The van der Waals surface area contributed by atoms with Gasteiger partial charge in [0.25, 0.3) is 15.9 Å². The zero-order valence-corrected chi connectivity index (χ0v) is 36.1. The second-order valence-electron chi connectivity index (χ2n) is 13.3. The van der Waals surface area contributed by atoms with Crippen LogP contribution < -0.4 is 13.8 Å². The number of ether oxygens (including phenoxy) is 6. The fourth-order valence-corrected chi connectivity index (χ4v) is 6.65. The normalized spacial score (nSPS) is 11.4. The largest absolute Gasteiger partial charge is 0.510 e. The number of sulfonamides is 1. The van der Waals surface area contributed by atoms with Gasteiger partial charge >= 0.3 is 12.1 Å². The van der Waals surface area contributed by atoms with Crippen LogP contribution in [0.2, 0.25) is 0 Å². The lowest BCUT2D eigenvalue weighted by molar-refractivity contribution is -0.497. The minimum atomic E-state index is -4.84. The van der Waals surface area contributed by atoms with Gasteiger partial charge in [0, 0.05) is 18.0 Å². The van der Waals surface area contributed by atoms with Crippen LogP contribution in [-0.4, -0.2) is 139 Å². The maximum atomic E-state index is 14.7.